The Bertz CT molecular complexity index is 912. The van der Waals surface area contributed by atoms with E-state index in [2.05, 4.69) is 10.8 Å². The maximum Gasteiger partial charge on any atom is 0.337 e. The summed E-state index contributed by atoms with van der Waals surface area (Å²) in [5.41, 5.74) is 10.4. The molecule has 0 radical (unpaired) electrons. The van der Waals surface area contributed by atoms with Crippen LogP contribution >= 0.6 is 0 Å². The number of fused-ring (bicyclic) bond motifs is 1. The summed E-state index contributed by atoms with van der Waals surface area (Å²) in [6.07, 6.45) is 2.78. The highest BCUT2D eigenvalue weighted by molar-refractivity contribution is 5.90. The average molecular weight is 324 g/mol. The van der Waals surface area contributed by atoms with Gasteiger partial charge in [-0.3, -0.25) is 0 Å². The molecule has 124 valence electrons. The standard InChI is InChI=1S/C19H20N2O3/c1-21-11-14(16-10-15(20)6-7-17(16)21)8-12-4-5-13(19(22)24-3)9-18(12)23-2/h4-7,9-11H,8,20H2,1-3H3. The molecule has 0 aliphatic heterocycles. The van der Waals surface area contributed by atoms with Gasteiger partial charge in [-0.25, -0.2) is 4.79 Å². The predicted molar refractivity (Wildman–Crippen MR) is 94.5 cm³/mol. The number of rotatable bonds is 4. The second-order valence-corrected chi connectivity index (χ2v) is 5.74. The van der Waals surface area contributed by atoms with E-state index in [1.54, 1.807) is 19.2 Å². The molecule has 2 aromatic carbocycles. The van der Waals surface area contributed by atoms with Gasteiger partial charge in [0, 0.05) is 36.3 Å². The summed E-state index contributed by atoms with van der Waals surface area (Å²) in [5.74, 6) is 0.289. The van der Waals surface area contributed by atoms with Gasteiger partial charge in [0.15, 0.2) is 0 Å². The van der Waals surface area contributed by atoms with E-state index in [0.717, 1.165) is 27.7 Å². The Morgan fingerprint density at radius 2 is 1.92 bits per heavy atom. The number of methoxy groups -OCH3 is 2. The molecule has 2 N–H and O–H groups in total. The normalized spacial score (nSPS) is 10.8. The molecule has 0 atom stereocenters. The molecule has 0 aliphatic carbocycles. The van der Waals surface area contributed by atoms with Gasteiger partial charge < -0.3 is 19.8 Å². The highest BCUT2D eigenvalue weighted by atomic mass is 16.5. The highest BCUT2D eigenvalue weighted by Gasteiger charge is 2.13. The third-order valence-corrected chi connectivity index (χ3v) is 4.19. The van der Waals surface area contributed by atoms with E-state index in [0.29, 0.717) is 17.7 Å². The van der Waals surface area contributed by atoms with Gasteiger partial charge in [0.1, 0.15) is 5.75 Å². The molecule has 0 saturated heterocycles. The van der Waals surface area contributed by atoms with Crippen LogP contribution in [0.3, 0.4) is 0 Å². The molecule has 1 heterocycles. The third-order valence-electron chi connectivity index (χ3n) is 4.19. The van der Waals surface area contributed by atoms with Crippen LogP contribution in [0.25, 0.3) is 10.9 Å². The number of carbonyl (C=O) groups is 1. The lowest BCUT2D eigenvalue weighted by atomic mass is 10.0. The molecule has 0 amide bonds. The lowest BCUT2D eigenvalue weighted by molar-refractivity contribution is 0.0600. The number of hydrogen-bond acceptors (Lipinski definition) is 4. The summed E-state index contributed by atoms with van der Waals surface area (Å²) in [6.45, 7) is 0. The fourth-order valence-electron chi connectivity index (χ4n) is 2.97. The van der Waals surface area contributed by atoms with E-state index in [1.165, 1.54) is 7.11 Å². The molecule has 3 rings (SSSR count). The molecule has 3 aromatic rings. The van der Waals surface area contributed by atoms with Crippen LogP contribution < -0.4 is 10.5 Å². The summed E-state index contributed by atoms with van der Waals surface area (Å²) in [7, 11) is 4.98. The van der Waals surface area contributed by atoms with Gasteiger partial charge >= 0.3 is 5.97 Å². The SMILES string of the molecule is COC(=O)c1ccc(Cc2cn(C)c3ccc(N)cc23)c(OC)c1. The number of benzene rings is 2. The molecule has 24 heavy (non-hydrogen) atoms. The average Bonchev–Trinajstić information content (AvgIpc) is 2.89. The topological polar surface area (TPSA) is 66.5 Å². The van der Waals surface area contributed by atoms with Crippen molar-refractivity contribution < 1.29 is 14.3 Å². The zero-order valence-corrected chi connectivity index (χ0v) is 14.0. The van der Waals surface area contributed by atoms with Gasteiger partial charge in [0.2, 0.25) is 0 Å². The van der Waals surface area contributed by atoms with E-state index in [-0.39, 0.29) is 5.97 Å². The molecule has 5 nitrogen and oxygen atoms in total. The fraction of sp³-hybridized carbons (Fsp3) is 0.211. The van der Waals surface area contributed by atoms with Gasteiger partial charge in [-0.2, -0.15) is 0 Å². The van der Waals surface area contributed by atoms with Crippen LogP contribution in [0, 0.1) is 0 Å². The molecule has 0 aliphatic rings. The molecular weight excluding hydrogens is 304 g/mol. The molecule has 5 heteroatoms. The van der Waals surface area contributed by atoms with Crippen molar-refractivity contribution in [2.24, 2.45) is 7.05 Å². The first-order valence-corrected chi connectivity index (χ1v) is 7.62. The summed E-state index contributed by atoms with van der Waals surface area (Å²) in [5, 5.41) is 1.12. The lowest BCUT2D eigenvalue weighted by Gasteiger charge is -2.10. The number of anilines is 1. The van der Waals surface area contributed by atoms with Gasteiger partial charge in [-0.1, -0.05) is 6.07 Å². The van der Waals surface area contributed by atoms with Gasteiger partial charge in [-0.15, -0.1) is 0 Å². The van der Waals surface area contributed by atoms with Crippen molar-refractivity contribution in [1.29, 1.82) is 0 Å². The number of aryl methyl sites for hydroxylation is 1. The minimum absolute atomic E-state index is 0.377. The minimum Gasteiger partial charge on any atom is -0.496 e. The van der Waals surface area contributed by atoms with Gasteiger partial charge in [-0.05, 0) is 41.5 Å². The van der Waals surface area contributed by atoms with Crippen LogP contribution in [0.2, 0.25) is 0 Å². The highest BCUT2D eigenvalue weighted by Crippen LogP contribution is 2.29. The minimum atomic E-state index is -0.377. The maximum atomic E-state index is 11.7. The largest absolute Gasteiger partial charge is 0.496 e. The number of carbonyl (C=O) groups excluding carboxylic acids is 1. The molecule has 0 spiro atoms. The second kappa shape index (κ2) is 6.28. The van der Waals surface area contributed by atoms with E-state index in [4.69, 9.17) is 15.2 Å². The predicted octanol–water partition coefficient (Wildman–Crippen LogP) is 3.15. The van der Waals surface area contributed by atoms with Crippen molar-refractivity contribution in [3.8, 4) is 5.75 Å². The first kappa shape index (κ1) is 15.9. The molecule has 0 unspecified atom stereocenters. The Labute approximate surface area is 140 Å². The molecular formula is C19H20N2O3. The van der Waals surface area contributed by atoms with Gasteiger partial charge in [0.05, 0.1) is 19.8 Å². The zero-order chi connectivity index (χ0) is 17.3. The number of hydrogen-bond donors (Lipinski definition) is 1. The number of nitrogens with two attached hydrogens (primary N) is 1. The van der Waals surface area contributed by atoms with Crippen molar-refractivity contribution >= 4 is 22.6 Å². The van der Waals surface area contributed by atoms with E-state index in [9.17, 15) is 4.79 Å². The lowest BCUT2D eigenvalue weighted by Crippen LogP contribution is -2.03. The van der Waals surface area contributed by atoms with E-state index in [1.807, 2.05) is 31.3 Å². The van der Waals surface area contributed by atoms with Crippen molar-refractivity contribution in [3.05, 3.63) is 59.3 Å². The molecule has 1 aromatic heterocycles. The Kier molecular flexibility index (Phi) is 4.16. The van der Waals surface area contributed by atoms with Crippen LogP contribution in [-0.4, -0.2) is 24.8 Å². The van der Waals surface area contributed by atoms with Crippen molar-refractivity contribution in [3.63, 3.8) is 0 Å². The third kappa shape index (κ3) is 2.80. The molecule has 0 fully saturated rings. The number of aromatic nitrogens is 1. The Hall–Kier alpha value is -2.95. The van der Waals surface area contributed by atoms with E-state index < -0.39 is 0 Å². The number of ether oxygens (including phenoxy) is 2. The maximum absolute atomic E-state index is 11.7. The monoisotopic (exact) mass is 324 g/mol. The first-order valence-electron chi connectivity index (χ1n) is 7.62. The first-order chi connectivity index (χ1) is 11.5. The Morgan fingerprint density at radius 3 is 2.62 bits per heavy atom. The molecule has 0 bridgehead atoms. The number of esters is 1. The fourth-order valence-corrected chi connectivity index (χ4v) is 2.97. The van der Waals surface area contributed by atoms with Gasteiger partial charge in [0.25, 0.3) is 0 Å². The Morgan fingerprint density at radius 1 is 1.12 bits per heavy atom. The van der Waals surface area contributed by atoms with Crippen LogP contribution in [0.5, 0.6) is 5.75 Å². The van der Waals surface area contributed by atoms with Crippen LogP contribution in [-0.2, 0) is 18.2 Å². The van der Waals surface area contributed by atoms with E-state index >= 15 is 0 Å². The van der Waals surface area contributed by atoms with Crippen LogP contribution in [0.4, 0.5) is 5.69 Å². The van der Waals surface area contributed by atoms with Crippen molar-refractivity contribution in [2.75, 3.05) is 20.0 Å². The number of nitrogen functional groups attached to an aromatic ring is 1. The second-order valence-electron chi connectivity index (χ2n) is 5.74. The quantitative estimate of drug-likeness (QED) is 0.591. The zero-order valence-electron chi connectivity index (χ0n) is 14.0. The smallest absolute Gasteiger partial charge is 0.337 e. The van der Waals surface area contributed by atoms with Crippen molar-refractivity contribution in [1.82, 2.24) is 4.57 Å². The summed E-state index contributed by atoms with van der Waals surface area (Å²) in [6, 6.07) is 11.3. The Balaban J connectivity index is 2.02. The van der Waals surface area contributed by atoms with Crippen LogP contribution in [0.1, 0.15) is 21.5 Å². The molecule has 0 saturated carbocycles. The number of nitrogens with zero attached hydrogens (tertiary/aromatic N) is 1. The summed E-state index contributed by atoms with van der Waals surface area (Å²) >= 11 is 0. The summed E-state index contributed by atoms with van der Waals surface area (Å²) < 4.78 is 12.3. The van der Waals surface area contributed by atoms with Crippen molar-refractivity contribution in [2.45, 2.75) is 6.42 Å². The van der Waals surface area contributed by atoms with Crippen LogP contribution in [0.15, 0.2) is 42.6 Å². The summed E-state index contributed by atoms with van der Waals surface area (Å²) in [4.78, 5) is 11.7.